The number of hydrogen-bond donors (Lipinski definition) is 0. The van der Waals surface area contributed by atoms with E-state index in [0.717, 1.165) is 38.2 Å². The number of ether oxygens (including phenoxy) is 1. The Bertz CT molecular complexity index is 770. The van der Waals surface area contributed by atoms with Crippen LogP contribution in [0.3, 0.4) is 0 Å². The van der Waals surface area contributed by atoms with Crippen LogP contribution in [0.4, 0.5) is 0 Å². The summed E-state index contributed by atoms with van der Waals surface area (Å²) < 4.78 is 6.42. The van der Waals surface area contributed by atoms with Crippen LogP contribution in [-0.4, -0.2) is 18.7 Å². The molecule has 0 aliphatic heterocycles. The molecule has 37 heavy (non-hydrogen) atoms. The van der Waals surface area contributed by atoms with Crippen molar-refractivity contribution in [3.05, 3.63) is 46.6 Å². The molecule has 0 heterocycles. The molecule has 1 aliphatic rings. The van der Waals surface area contributed by atoms with Gasteiger partial charge in [-0.3, -0.25) is 0 Å². The number of rotatable bonds is 20. The third kappa shape index (κ3) is 14.8. The summed E-state index contributed by atoms with van der Waals surface area (Å²) in [5.74, 6) is -0.0981. The Hall–Kier alpha value is -1.61. The summed E-state index contributed by atoms with van der Waals surface area (Å²) in [6, 6.07) is 0. The Morgan fingerprint density at radius 2 is 1.68 bits per heavy atom. The standard InChI is InChI=1S/C34H58O3/c1-8-9-10-11-25-37-33-31(7)29(5)22-24-32(33)23-21-28(4)18-13-17-26(2)15-12-16-27(3)19-14-20-30(6)34(35)36/h15,19,22,24,28,30-31,33H,8-14,16-18,20-21,23,25H2,1-7H3,(H,35,36)/p-1/b26-15+,27-19+. The van der Waals surface area contributed by atoms with E-state index in [1.54, 1.807) is 6.92 Å². The van der Waals surface area contributed by atoms with Crippen LogP contribution in [0.25, 0.3) is 0 Å². The predicted molar refractivity (Wildman–Crippen MR) is 157 cm³/mol. The maximum absolute atomic E-state index is 10.8. The highest BCUT2D eigenvalue weighted by atomic mass is 16.5. The lowest BCUT2D eigenvalue weighted by Crippen LogP contribution is -2.29. The summed E-state index contributed by atoms with van der Waals surface area (Å²) in [5.41, 5.74) is 5.78. The fraction of sp³-hybridized carbons (Fsp3) is 0.735. The van der Waals surface area contributed by atoms with Gasteiger partial charge in [-0.25, -0.2) is 0 Å². The van der Waals surface area contributed by atoms with E-state index in [1.165, 1.54) is 73.7 Å². The molecule has 3 heteroatoms. The highest BCUT2D eigenvalue weighted by Crippen LogP contribution is 2.32. The van der Waals surface area contributed by atoms with E-state index in [1.807, 2.05) is 0 Å². The van der Waals surface area contributed by atoms with Crippen molar-refractivity contribution < 1.29 is 14.6 Å². The predicted octanol–water partition coefficient (Wildman–Crippen LogP) is 8.90. The second-order valence-corrected chi connectivity index (χ2v) is 11.8. The molecule has 3 nitrogen and oxygen atoms in total. The maximum atomic E-state index is 10.8. The van der Waals surface area contributed by atoms with Gasteiger partial charge >= 0.3 is 0 Å². The van der Waals surface area contributed by atoms with Crippen LogP contribution in [0.5, 0.6) is 0 Å². The van der Waals surface area contributed by atoms with Crippen molar-refractivity contribution in [1.29, 1.82) is 0 Å². The van der Waals surface area contributed by atoms with Gasteiger partial charge < -0.3 is 14.6 Å². The molecule has 0 N–H and O–H groups in total. The molecule has 1 rings (SSSR count). The largest absolute Gasteiger partial charge is 0.550 e. The fourth-order valence-corrected chi connectivity index (χ4v) is 5.00. The number of unbranched alkanes of at least 4 members (excludes halogenated alkanes) is 3. The molecule has 0 radical (unpaired) electrons. The summed E-state index contributed by atoms with van der Waals surface area (Å²) in [4.78, 5) is 10.8. The van der Waals surface area contributed by atoms with Crippen molar-refractivity contribution in [2.75, 3.05) is 6.61 Å². The Morgan fingerprint density at radius 1 is 0.973 bits per heavy atom. The molecule has 0 aromatic heterocycles. The molecule has 1 aliphatic carbocycles. The number of carbonyl (C=O) groups is 1. The first-order chi connectivity index (χ1) is 17.6. The summed E-state index contributed by atoms with van der Waals surface area (Å²) in [6.07, 6.45) is 24.2. The normalized spacial score (nSPS) is 20.4. The van der Waals surface area contributed by atoms with Crippen LogP contribution < -0.4 is 5.11 Å². The van der Waals surface area contributed by atoms with E-state index in [0.29, 0.717) is 12.3 Å². The lowest BCUT2D eigenvalue weighted by atomic mass is 9.83. The van der Waals surface area contributed by atoms with Gasteiger partial charge in [-0.15, -0.1) is 0 Å². The van der Waals surface area contributed by atoms with Crippen LogP contribution in [0.1, 0.15) is 132 Å². The third-order valence-electron chi connectivity index (χ3n) is 8.11. The van der Waals surface area contributed by atoms with Crippen molar-refractivity contribution in [2.24, 2.45) is 17.8 Å². The van der Waals surface area contributed by atoms with E-state index >= 15 is 0 Å². The summed E-state index contributed by atoms with van der Waals surface area (Å²) >= 11 is 0. The molecular formula is C34H57O3-. The highest BCUT2D eigenvalue weighted by Gasteiger charge is 2.26. The third-order valence-corrected chi connectivity index (χ3v) is 8.11. The molecule has 0 fully saturated rings. The first-order valence-electron chi connectivity index (χ1n) is 15.2. The quantitative estimate of drug-likeness (QED) is 0.121. The Kier molecular flexibility index (Phi) is 17.6. The van der Waals surface area contributed by atoms with Crippen LogP contribution in [-0.2, 0) is 9.53 Å². The molecular weight excluding hydrogens is 456 g/mol. The average molecular weight is 514 g/mol. The minimum atomic E-state index is -0.946. The van der Waals surface area contributed by atoms with E-state index in [2.05, 4.69) is 65.8 Å². The Balaban J connectivity index is 2.33. The van der Waals surface area contributed by atoms with Gasteiger partial charge in [-0.05, 0) is 96.0 Å². The lowest BCUT2D eigenvalue weighted by Gasteiger charge is -2.31. The molecule has 0 aromatic rings. The molecule has 4 unspecified atom stereocenters. The SMILES string of the molecule is CCCCCCOC1C(CCC(C)CCC/C(C)=C/CC/C(C)=C/CCC(C)C(=O)[O-])=CC=C(C)C1C. The molecule has 4 atom stereocenters. The van der Waals surface area contributed by atoms with E-state index in [9.17, 15) is 9.90 Å². The van der Waals surface area contributed by atoms with Crippen LogP contribution in [0.15, 0.2) is 46.6 Å². The average Bonchev–Trinajstić information content (AvgIpc) is 2.85. The molecule has 0 amide bonds. The van der Waals surface area contributed by atoms with Crippen molar-refractivity contribution in [2.45, 2.75) is 138 Å². The zero-order chi connectivity index (χ0) is 27.6. The lowest BCUT2D eigenvalue weighted by molar-refractivity contribution is -0.311. The smallest absolute Gasteiger partial charge is 0.0850 e. The van der Waals surface area contributed by atoms with Crippen molar-refractivity contribution in [1.82, 2.24) is 0 Å². The first-order valence-corrected chi connectivity index (χ1v) is 15.2. The van der Waals surface area contributed by atoms with Crippen LogP contribution in [0.2, 0.25) is 0 Å². The minimum absolute atomic E-state index is 0.263. The van der Waals surface area contributed by atoms with Crippen molar-refractivity contribution in [3.63, 3.8) is 0 Å². The Labute approximate surface area is 229 Å². The van der Waals surface area contributed by atoms with Crippen molar-refractivity contribution >= 4 is 5.97 Å². The van der Waals surface area contributed by atoms with Crippen molar-refractivity contribution in [3.8, 4) is 0 Å². The summed E-state index contributed by atoms with van der Waals surface area (Å²) in [7, 11) is 0. The molecule has 0 saturated heterocycles. The molecule has 212 valence electrons. The van der Waals surface area contributed by atoms with Gasteiger partial charge in [0.2, 0.25) is 0 Å². The minimum Gasteiger partial charge on any atom is -0.550 e. The van der Waals surface area contributed by atoms with Gasteiger partial charge in [-0.1, -0.05) is 94.4 Å². The summed E-state index contributed by atoms with van der Waals surface area (Å²) in [6.45, 7) is 16.2. The number of allylic oxidation sites excluding steroid dienone is 6. The van der Waals surface area contributed by atoms with E-state index in [-0.39, 0.29) is 12.0 Å². The second kappa shape index (κ2) is 19.5. The molecule has 0 spiro atoms. The van der Waals surface area contributed by atoms with Gasteiger partial charge in [0, 0.05) is 18.5 Å². The number of aliphatic carboxylic acids is 1. The monoisotopic (exact) mass is 513 g/mol. The topological polar surface area (TPSA) is 49.4 Å². The molecule has 0 aromatic carbocycles. The molecule has 0 bridgehead atoms. The Morgan fingerprint density at radius 3 is 2.38 bits per heavy atom. The van der Waals surface area contributed by atoms with Crippen LogP contribution >= 0.6 is 0 Å². The zero-order valence-corrected chi connectivity index (χ0v) is 25.2. The number of carboxylic acid groups (broad SMARTS) is 1. The highest BCUT2D eigenvalue weighted by molar-refractivity contribution is 5.66. The number of carboxylic acids is 1. The number of hydrogen-bond acceptors (Lipinski definition) is 3. The van der Waals surface area contributed by atoms with Gasteiger partial charge in [0.1, 0.15) is 0 Å². The number of carbonyl (C=O) groups excluding carboxylic acids is 1. The first kappa shape index (κ1) is 33.4. The second-order valence-electron chi connectivity index (χ2n) is 11.8. The van der Waals surface area contributed by atoms with E-state index in [4.69, 9.17) is 4.74 Å². The summed E-state index contributed by atoms with van der Waals surface area (Å²) in [5, 5.41) is 10.8. The fourth-order valence-electron chi connectivity index (χ4n) is 5.00. The van der Waals surface area contributed by atoms with Gasteiger partial charge in [0.05, 0.1) is 6.10 Å². The van der Waals surface area contributed by atoms with Gasteiger partial charge in [0.25, 0.3) is 0 Å². The van der Waals surface area contributed by atoms with Crippen LogP contribution in [0, 0.1) is 17.8 Å². The zero-order valence-electron chi connectivity index (χ0n) is 25.2. The maximum Gasteiger partial charge on any atom is 0.0850 e. The van der Waals surface area contributed by atoms with Gasteiger partial charge in [-0.2, -0.15) is 0 Å². The molecule has 0 saturated carbocycles. The van der Waals surface area contributed by atoms with E-state index < -0.39 is 5.97 Å². The van der Waals surface area contributed by atoms with Gasteiger partial charge in [0.15, 0.2) is 0 Å².